The number of aromatic amines is 1. The zero-order chi connectivity index (χ0) is 15.0. The Morgan fingerprint density at radius 3 is 2.43 bits per heavy atom. The quantitative estimate of drug-likeness (QED) is 0.760. The van der Waals surface area contributed by atoms with E-state index in [1.165, 1.54) is 28.6 Å². The highest BCUT2D eigenvalue weighted by Gasteiger charge is 2.20. The summed E-state index contributed by atoms with van der Waals surface area (Å²) >= 11 is 0. The highest BCUT2D eigenvalue weighted by atomic mass is 19.1. The van der Waals surface area contributed by atoms with Gasteiger partial charge in [-0.25, -0.2) is 4.39 Å². The number of H-pyrrole nitrogens is 1. The van der Waals surface area contributed by atoms with Crippen molar-refractivity contribution < 1.29 is 4.39 Å². The van der Waals surface area contributed by atoms with Gasteiger partial charge in [-0.05, 0) is 55.9 Å². The molecule has 1 aromatic heterocycles. The smallest absolute Gasteiger partial charge is 0.123 e. The highest BCUT2D eigenvalue weighted by molar-refractivity contribution is 5.87. The van der Waals surface area contributed by atoms with Gasteiger partial charge in [0.2, 0.25) is 0 Å². The molecule has 0 aliphatic carbocycles. The predicted octanol–water partition coefficient (Wildman–Crippen LogP) is 4.27. The topological polar surface area (TPSA) is 19.0 Å². The fourth-order valence-corrected chi connectivity index (χ4v) is 3.02. The van der Waals surface area contributed by atoms with Gasteiger partial charge in [-0.2, -0.15) is 0 Å². The van der Waals surface area contributed by atoms with E-state index in [0.29, 0.717) is 0 Å². The Balaban J connectivity index is 2.18. The zero-order valence-electron chi connectivity index (χ0n) is 12.5. The Bertz CT molecular complexity index is 756. The molecular weight excluding hydrogens is 263 g/mol. The molecule has 0 amide bonds. The highest BCUT2D eigenvalue weighted by Crippen LogP contribution is 2.33. The van der Waals surface area contributed by atoms with Gasteiger partial charge in [-0.3, -0.25) is 4.90 Å². The van der Waals surface area contributed by atoms with E-state index in [4.69, 9.17) is 0 Å². The van der Waals surface area contributed by atoms with Crippen LogP contribution in [0, 0.1) is 12.7 Å². The molecule has 1 heterocycles. The minimum Gasteiger partial charge on any atom is -0.361 e. The number of fused-ring (bicyclic) bond motifs is 1. The number of benzene rings is 2. The number of nitrogens with one attached hydrogen (secondary N) is 1. The summed E-state index contributed by atoms with van der Waals surface area (Å²) in [6, 6.07) is 13.1. The summed E-state index contributed by atoms with van der Waals surface area (Å²) < 4.78 is 13.2. The van der Waals surface area contributed by atoms with Gasteiger partial charge < -0.3 is 4.98 Å². The standard InChI is InChI=1S/C18H19FN2/c1-12-5-4-6-16-17(12)15(11-20-16)18(21(2)3)13-7-9-14(19)10-8-13/h4-11,18,20H,1-3H3. The number of aryl methyl sites for hydroxylation is 1. The van der Waals surface area contributed by atoms with E-state index in [-0.39, 0.29) is 11.9 Å². The van der Waals surface area contributed by atoms with Crippen molar-refractivity contribution in [1.82, 2.24) is 9.88 Å². The Morgan fingerprint density at radius 1 is 1.05 bits per heavy atom. The van der Waals surface area contributed by atoms with Crippen molar-refractivity contribution >= 4 is 10.9 Å². The third kappa shape index (κ3) is 2.45. The minimum absolute atomic E-state index is 0.0976. The molecular formula is C18H19FN2. The molecule has 21 heavy (non-hydrogen) atoms. The fraction of sp³-hybridized carbons (Fsp3) is 0.222. The normalized spacial score (nSPS) is 13.0. The maximum atomic E-state index is 13.2. The number of nitrogens with zero attached hydrogens (tertiary/aromatic N) is 1. The summed E-state index contributed by atoms with van der Waals surface area (Å²) in [5.41, 5.74) is 4.70. The van der Waals surface area contributed by atoms with Gasteiger partial charge >= 0.3 is 0 Å². The largest absolute Gasteiger partial charge is 0.361 e. The average molecular weight is 282 g/mol. The molecule has 0 aliphatic heterocycles. The maximum absolute atomic E-state index is 13.2. The Hall–Kier alpha value is -2.13. The van der Waals surface area contributed by atoms with Gasteiger partial charge in [0.15, 0.2) is 0 Å². The van der Waals surface area contributed by atoms with Crippen molar-refractivity contribution in [2.75, 3.05) is 14.1 Å². The summed E-state index contributed by atoms with van der Waals surface area (Å²) in [6.07, 6.45) is 2.06. The van der Waals surface area contributed by atoms with E-state index in [9.17, 15) is 4.39 Å². The second-order valence-corrected chi connectivity index (χ2v) is 5.66. The lowest BCUT2D eigenvalue weighted by Crippen LogP contribution is -2.21. The third-order valence-corrected chi connectivity index (χ3v) is 3.94. The maximum Gasteiger partial charge on any atom is 0.123 e. The van der Waals surface area contributed by atoms with E-state index in [2.05, 4.69) is 41.2 Å². The van der Waals surface area contributed by atoms with Crippen LogP contribution in [0.5, 0.6) is 0 Å². The molecule has 0 aliphatic rings. The Labute approximate surface area is 124 Å². The SMILES string of the molecule is Cc1cccc2[nH]cc(C(c3ccc(F)cc3)N(C)C)c12. The molecule has 0 saturated carbocycles. The van der Waals surface area contributed by atoms with E-state index in [1.807, 2.05) is 26.2 Å². The van der Waals surface area contributed by atoms with Crippen molar-refractivity contribution in [3.63, 3.8) is 0 Å². The molecule has 1 N–H and O–H groups in total. The number of halogens is 1. The molecule has 0 spiro atoms. The first-order chi connectivity index (χ1) is 10.1. The molecule has 108 valence electrons. The average Bonchev–Trinajstić information content (AvgIpc) is 2.86. The molecule has 0 radical (unpaired) electrons. The van der Waals surface area contributed by atoms with Crippen molar-refractivity contribution in [3.05, 3.63) is 71.2 Å². The second-order valence-electron chi connectivity index (χ2n) is 5.66. The molecule has 3 aromatic rings. The fourth-order valence-electron chi connectivity index (χ4n) is 3.02. The molecule has 1 unspecified atom stereocenters. The van der Waals surface area contributed by atoms with Gasteiger partial charge in [0.25, 0.3) is 0 Å². The first-order valence-electron chi connectivity index (χ1n) is 7.06. The first kappa shape index (κ1) is 13.8. The first-order valence-corrected chi connectivity index (χ1v) is 7.06. The summed E-state index contributed by atoms with van der Waals surface area (Å²) in [4.78, 5) is 5.50. The summed E-state index contributed by atoms with van der Waals surface area (Å²) in [7, 11) is 4.09. The third-order valence-electron chi connectivity index (χ3n) is 3.94. The van der Waals surface area contributed by atoms with Crippen LogP contribution in [0.25, 0.3) is 10.9 Å². The van der Waals surface area contributed by atoms with Crippen LogP contribution >= 0.6 is 0 Å². The number of hydrogen-bond acceptors (Lipinski definition) is 1. The van der Waals surface area contributed by atoms with E-state index >= 15 is 0 Å². The molecule has 0 fully saturated rings. The van der Waals surface area contributed by atoms with Crippen LogP contribution in [-0.2, 0) is 0 Å². The van der Waals surface area contributed by atoms with Crippen molar-refractivity contribution in [2.24, 2.45) is 0 Å². The van der Waals surface area contributed by atoms with Gasteiger partial charge in [-0.1, -0.05) is 24.3 Å². The molecule has 3 heteroatoms. The van der Waals surface area contributed by atoms with Crippen molar-refractivity contribution in [3.8, 4) is 0 Å². The lowest BCUT2D eigenvalue weighted by molar-refractivity contribution is 0.343. The molecule has 0 saturated heterocycles. The minimum atomic E-state index is -0.202. The van der Waals surface area contributed by atoms with Crippen LogP contribution in [-0.4, -0.2) is 24.0 Å². The lowest BCUT2D eigenvalue weighted by Gasteiger charge is -2.25. The monoisotopic (exact) mass is 282 g/mol. The Morgan fingerprint density at radius 2 is 1.76 bits per heavy atom. The molecule has 1 atom stereocenters. The number of hydrogen-bond donors (Lipinski definition) is 1. The van der Waals surface area contributed by atoms with Crippen LogP contribution in [0.2, 0.25) is 0 Å². The Kier molecular flexibility index (Phi) is 3.52. The summed E-state index contributed by atoms with van der Waals surface area (Å²) in [5.74, 6) is -0.202. The zero-order valence-corrected chi connectivity index (χ0v) is 12.5. The van der Waals surface area contributed by atoms with Crippen LogP contribution in [0.15, 0.2) is 48.7 Å². The van der Waals surface area contributed by atoms with Gasteiger partial charge in [-0.15, -0.1) is 0 Å². The second kappa shape index (κ2) is 5.34. The van der Waals surface area contributed by atoms with Gasteiger partial charge in [0.05, 0.1) is 6.04 Å². The number of aromatic nitrogens is 1. The molecule has 2 aromatic carbocycles. The van der Waals surface area contributed by atoms with Crippen LogP contribution in [0.4, 0.5) is 4.39 Å². The molecule has 0 bridgehead atoms. The van der Waals surface area contributed by atoms with Crippen LogP contribution in [0.1, 0.15) is 22.7 Å². The lowest BCUT2D eigenvalue weighted by atomic mass is 9.95. The van der Waals surface area contributed by atoms with Crippen molar-refractivity contribution in [2.45, 2.75) is 13.0 Å². The van der Waals surface area contributed by atoms with Gasteiger partial charge in [0.1, 0.15) is 5.82 Å². The summed E-state index contributed by atoms with van der Waals surface area (Å²) in [6.45, 7) is 2.12. The van der Waals surface area contributed by atoms with Crippen LogP contribution < -0.4 is 0 Å². The van der Waals surface area contributed by atoms with E-state index < -0.39 is 0 Å². The van der Waals surface area contributed by atoms with E-state index in [1.54, 1.807) is 0 Å². The molecule has 2 nitrogen and oxygen atoms in total. The summed E-state index contributed by atoms with van der Waals surface area (Å²) in [5, 5.41) is 1.25. The number of rotatable bonds is 3. The van der Waals surface area contributed by atoms with Crippen molar-refractivity contribution in [1.29, 1.82) is 0 Å². The van der Waals surface area contributed by atoms with Gasteiger partial charge in [0, 0.05) is 17.1 Å². The van der Waals surface area contributed by atoms with Crippen LogP contribution in [0.3, 0.4) is 0 Å². The molecule has 3 rings (SSSR count). The van der Waals surface area contributed by atoms with E-state index in [0.717, 1.165) is 11.1 Å². The predicted molar refractivity (Wildman–Crippen MR) is 85.0 cm³/mol.